The molecule has 18 heavy (non-hydrogen) atoms. The summed E-state index contributed by atoms with van der Waals surface area (Å²) < 4.78 is 1.56. The van der Waals surface area contributed by atoms with Gasteiger partial charge in [0.15, 0.2) is 0 Å². The number of aromatic nitrogens is 2. The number of unbranched alkanes of at least 4 members (excludes halogenated alkanes) is 1. The predicted octanol–water partition coefficient (Wildman–Crippen LogP) is 1.83. The molecule has 1 aromatic rings. The van der Waals surface area contributed by atoms with E-state index in [1.54, 1.807) is 31.7 Å². The smallest absolute Gasteiger partial charge is 0.309 e. The van der Waals surface area contributed by atoms with Gasteiger partial charge in [-0.25, -0.2) is 4.98 Å². The SMILES string of the molecule is Cc1cc(=O)n(CCCCC(C)(C)C(=O)O)cn1. The van der Waals surface area contributed by atoms with Crippen molar-refractivity contribution in [2.45, 2.75) is 46.6 Å². The standard InChI is InChI=1S/C13H20N2O3/c1-10-8-11(16)15(9-14-10)7-5-4-6-13(2,3)12(17)18/h8-9H,4-7H2,1-3H3,(H,17,18). The van der Waals surface area contributed by atoms with Crippen molar-refractivity contribution in [3.05, 3.63) is 28.4 Å². The topological polar surface area (TPSA) is 72.2 Å². The summed E-state index contributed by atoms with van der Waals surface area (Å²) in [6.07, 6.45) is 3.71. The molecule has 0 radical (unpaired) electrons. The summed E-state index contributed by atoms with van der Waals surface area (Å²) in [4.78, 5) is 26.5. The van der Waals surface area contributed by atoms with Gasteiger partial charge in [-0.3, -0.25) is 14.2 Å². The second-order valence-corrected chi connectivity index (χ2v) is 5.21. The van der Waals surface area contributed by atoms with Crippen LogP contribution in [-0.4, -0.2) is 20.6 Å². The van der Waals surface area contributed by atoms with Gasteiger partial charge >= 0.3 is 5.97 Å². The largest absolute Gasteiger partial charge is 0.481 e. The molecule has 0 aliphatic heterocycles. The summed E-state index contributed by atoms with van der Waals surface area (Å²) >= 11 is 0. The first-order valence-electron chi connectivity index (χ1n) is 6.09. The lowest BCUT2D eigenvalue weighted by atomic mass is 9.87. The number of carboxylic acid groups (broad SMARTS) is 1. The molecule has 0 saturated heterocycles. The number of hydrogen-bond donors (Lipinski definition) is 1. The number of aryl methyl sites for hydroxylation is 2. The third kappa shape index (κ3) is 3.98. The Morgan fingerprint density at radius 3 is 2.67 bits per heavy atom. The molecule has 5 nitrogen and oxygen atoms in total. The molecule has 1 rings (SSSR count). The van der Waals surface area contributed by atoms with E-state index in [0.29, 0.717) is 18.7 Å². The molecular weight excluding hydrogens is 232 g/mol. The molecule has 0 aliphatic rings. The molecule has 0 aliphatic carbocycles. The average molecular weight is 252 g/mol. The van der Waals surface area contributed by atoms with Gasteiger partial charge in [-0.05, 0) is 33.6 Å². The maximum Gasteiger partial charge on any atom is 0.309 e. The summed E-state index contributed by atoms with van der Waals surface area (Å²) in [5.41, 5.74) is -0.0421. The van der Waals surface area contributed by atoms with E-state index in [1.165, 1.54) is 6.07 Å². The highest BCUT2D eigenvalue weighted by molar-refractivity contribution is 5.73. The van der Waals surface area contributed by atoms with Crippen molar-refractivity contribution in [2.24, 2.45) is 5.41 Å². The van der Waals surface area contributed by atoms with Gasteiger partial charge in [0.05, 0.1) is 11.7 Å². The lowest BCUT2D eigenvalue weighted by Crippen LogP contribution is -2.24. The quantitative estimate of drug-likeness (QED) is 0.784. The summed E-state index contributed by atoms with van der Waals surface area (Å²) in [5, 5.41) is 8.97. The molecule has 0 spiro atoms. The molecule has 0 aromatic carbocycles. The Labute approximate surface area is 106 Å². The zero-order valence-electron chi connectivity index (χ0n) is 11.1. The van der Waals surface area contributed by atoms with E-state index in [2.05, 4.69) is 4.98 Å². The third-order valence-electron chi connectivity index (χ3n) is 3.05. The van der Waals surface area contributed by atoms with Crippen molar-refractivity contribution < 1.29 is 9.90 Å². The van der Waals surface area contributed by atoms with E-state index in [-0.39, 0.29) is 5.56 Å². The molecule has 0 atom stereocenters. The highest BCUT2D eigenvalue weighted by atomic mass is 16.4. The minimum Gasteiger partial charge on any atom is -0.481 e. The summed E-state index contributed by atoms with van der Waals surface area (Å²) in [6, 6.07) is 1.50. The van der Waals surface area contributed by atoms with Crippen molar-refractivity contribution in [3.63, 3.8) is 0 Å². The van der Waals surface area contributed by atoms with Crippen molar-refractivity contribution >= 4 is 5.97 Å². The van der Waals surface area contributed by atoms with Crippen LogP contribution in [0.3, 0.4) is 0 Å². The summed E-state index contributed by atoms with van der Waals surface area (Å²) in [6.45, 7) is 5.80. The van der Waals surface area contributed by atoms with E-state index in [4.69, 9.17) is 5.11 Å². The molecule has 1 heterocycles. The van der Waals surface area contributed by atoms with Gasteiger partial charge in [0.25, 0.3) is 5.56 Å². The van der Waals surface area contributed by atoms with Gasteiger partial charge in [-0.1, -0.05) is 6.42 Å². The lowest BCUT2D eigenvalue weighted by molar-refractivity contribution is -0.147. The number of rotatable bonds is 6. The van der Waals surface area contributed by atoms with Gasteiger partial charge in [0.1, 0.15) is 0 Å². The average Bonchev–Trinajstić information content (AvgIpc) is 2.26. The van der Waals surface area contributed by atoms with Gasteiger partial charge in [-0.2, -0.15) is 0 Å². The Bertz CT molecular complexity index is 477. The van der Waals surface area contributed by atoms with Crippen molar-refractivity contribution in [1.29, 1.82) is 0 Å². The molecule has 100 valence electrons. The minimum atomic E-state index is -0.781. The zero-order valence-corrected chi connectivity index (χ0v) is 11.1. The van der Waals surface area contributed by atoms with Crippen LogP contribution in [0.2, 0.25) is 0 Å². The van der Waals surface area contributed by atoms with E-state index < -0.39 is 11.4 Å². The van der Waals surface area contributed by atoms with Crippen LogP contribution in [0.1, 0.15) is 38.8 Å². The molecule has 1 N–H and O–H groups in total. The second-order valence-electron chi connectivity index (χ2n) is 5.21. The molecule has 0 unspecified atom stereocenters. The monoisotopic (exact) mass is 252 g/mol. The minimum absolute atomic E-state index is 0.0556. The van der Waals surface area contributed by atoms with Crippen LogP contribution < -0.4 is 5.56 Å². The van der Waals surface area contributed by atoms with E-state index in [9.17, 15) is 9.59 Å². The van der Waals surface area contributed by atoms with Crippen LogP contribution in [0.5, 0.6) is 0 Å². The lowest BCUT2D eigenvalue weighted by Gasteiger charge is -2.18. The fraction of sp³-hybridized carbons (Fsp3) is 0.615. The van der Waals surface area contributed by atoms with E-state index >= 15 is 0 Å². The van der Waals surface area contributed by atoms with Crippen LogP contribution in [0.15, 0.2) is 17.2 Å². The fourth-order valence-electron chi connectivity index (χ4n) is 1.64. The summed E-state index contributed by atoms with van der Waals surface area (Å²) in [5.74, 6) is -0.781. The number of aliphatic carboxylic acids is 1. The fourth-order valence-corrected chi connectivity index (χ4v) is 1.64. The maximum absolute atomic E-state index is 11.6. The second kappa shape index (κ2) is 5.80. The predicted molar refractivity (Wildman–Crippen MR) is 68.5 cm³/mol. The maximum atomic E-state index is 11.6. The first-order chi connectivity index (χ1) is 8.33. The highest BCUT2D eigenvalue weighted by Gasteiger charge is 2.25. The molecule has 0 bridgehead atoms. The molecule has 1 aromatic heterocycles. The molecule has 0 fully saturated rings. The van der Waals surface area contributed by atoms with Crippen LogP contribution >= 0.6 is 0 Å². The van der Waals surface area contributed by atoms with Crippen LogP contribution in [0, 0.1) is 12.3 Å². The van der Waals surface area contributed by atoms with Crippen molar-refractivity contribution in [2.75, 3.05) is 0 Å². The Hall–Kier alpha value is -1.65. The Morgan fingerprint density at radius 2 is 2.11 bits per heavy atom. The summed E-state index contributed by atoms with van der Waals surface area (Å²) in [7, 11) is 0. The van der Waals surface area contributed by atoms with E-state index in [0.717, 1.165) is 12.8 Å². The number of carbonyl (C=O) groups is 1. The highest BCUT2D eigenvalue weighted by Crippen LogP contribution is 2.23. The van der Waals surface area contributed by atoms with Gasteiger partial charge in [0.2, 0.25) is 0 Å². The van der Waals surface area contributed by atoms with Gasteiger partial charge < -0.3 is 5.11 Å². The zero-order chi connectivity index (χ0) is 13.8. The van der Waals surface area contributed by atoms with Gasteiger partial charge in [-0.15, -0.1) is 0 Å². The molecule has 5 heteroatoms. The first-order valence-corrected chi connectivity index (χ1v) is 6.09. The Morgan fingerprint density at radius 1 is 1.44 bits per heavy atom. The van der Waals surface area contributed by atoms with E-state index in [1.807, 2.05) is 0 Å². The van der Waals surface area contributed by atoms with Crippen LogP contribution in [-0.2, 0) is 11.3 Å². The van der Waals surface area contributed by atoms with Crippen molar-refractivity contribution in [3.8, 4) is 0 Å². The Kier molecular flexibility index (Phi) is 4.64. The molecule has 0 saturated carbocycles. The van der Waals surface area contributed by atoms with Crippen molar-refractivity contribution in [1.82, 2.24) is 9.55 Å². The molecular formula is C13H20N2O3. The number of carboxylic acids is 1. The number of nitrogens with zero attached hydrogens (tertiary/aromatic N) is 2. The normalized spacial score (nSPS) is 11.5. The molecule has 0 amide bonds. The Balaban J connectivity index is 2.43. The number of hydrogen-bond acceptors (Lipinski definition) is 3. The van der Waals surface area contributed by atoms with Gasteiger partial charge in [0, 0.05) is 18.3 Å². The van der Waals surface area contributed by atoms with Crippen LogP contribution in [0.4, 0.5) is 0 Å². The third-order valence-corrected chi connectivity index (χ3v) is 3.05. The first kappa shape index (κ1) is 14.4. The van der Waals surface area contributed by atoms with Crippen LogP contribution in [0.25, 0.3) is 0 Å².